The van der Waals surface area contributed by atoms with Gasteiger partial charge in [0.2, 0.25) is 0 Å². The summed E-state index contributed by atoms with van der Waals surface area (Å²) in [5.41, 5.74) is 1.19. The molecule has 2 heterocycles. The minimum atomic E-state index is -3.32. The van der Waals surface area contributed by atoms with Crippen LogP contribution in [-0.4, -0.2) is 32.4 Å². The highest BCUT2D eigenvalue weighted by Gasteiger charge is 2.27. The molecule has 6 heteroatoms. The van der Waals surface area contributed by atoms with E-state index in [4.69, 9.17) is 0 Å². The summed E-state index contributed by atoms with van der Waals surface area (Å²) in [6.07, 6.45) is 2.08. The fourth-order valence-corrected chi connectivity index (χ4v) is 4.61. The molecule has 1 aliphatic heterocycles. The topological polar surface area (TPSA) is 49.4 Å². The molecule has 1 saturated heterocycles. The number of hydrogen-bond acceptors (Lipinski definition) is 3. The largest absolute Gasteiger partial charge is 0.279 e. The van der Waals surface area contributed by atoms with Gasteiger partial charge in [0.05, 0.1) is 0 Å². The Labute approximate surface area is 120 Å². The summed E-state index contributed by atoms with van der Waals surface area (Å²) in [5, 5.41) is 4.09. The van der Waals surface area contributed by atoms with Crippen LogP contribution in [0, 0.1) is 5.92 Å². The zero-order chi connectivity index (χ0) is 13.9. The van der Waals surface area contributed by atoms with Gasteiger partial charge in [0, 0.05) is 19.6 Å². The van der Waals surface area contributed by atoms with E-state index in [1.165, 1.54) is 5.56 Å². The number of piperidine rings is 1. The van der Waals surface area contributed by atoms with Gasteiger partial charge in [-0.3, -0.25) is 0 Å². The van der Waals surface area contributed by atoms with Crippen LogP contribution in [0.3, 0.4) is 0 Å². The third-order valence-electron chi connectivity index (χ3n) is 3.64. The first-order chi connectivity index (χ1) is 8.99. The number of nitrogens with zero attached hydrogens (tertiary/aromatic N) is 1. The predicted molar refractivity (Wildman–Crippen MR) is 79.6 cm³/mol. The van der Waals surface area contributed by atoms with Gasteiger partial charge in [-0.15, -0.1) is 0 Å². The van der Waals surface area contributed by atoms with Crippen molar-refractivity contribution in [1.29, 1.82) is 0 Å². The van der Waals surface area contributed by atoms with Crippen LogP contribution in [-0.2, 0) is 10.2 Å². The molecule has 2 rings (SSSR count). The zero-order valence-electron chi connectivity index (χ0n) is 11.5. The highest BCUT2D eigenvalue weighted by atomic mass is 32.2. The normalized spacial score (nSPS) is 23.4. The van der Waals surface area contributed by atoms with Crippen LogP contribution >= 0.6 is 11.3 Å². The average molecular weight is 302 g/mol. The lowest BCUT2D eigenvalue weighted by Crippen LogP contribution is -2.46. The molecule has 0 radical (unpaired) electrons. The second-order valence-electron chi connectivity index (χ2n) is 5.42. The SMILES string of the molecule is C[C@@H]1CCCN(S(=O)(=O)NC[C@@H](C)c2ccsc2)C1. The van der Waals surface area contributed by atoms with Gasteiger partial charge in [-0.05, 0) is 47.1 Å². The van der Waals surface area contributed by atoms with E-state index in [1.807, 2.05) is 18.4 Å². The zero-order valence-corrected chi connectivity index (χ0v) is 13.1. The molecule has 1 aromatic heterocycles. The van der Waals surface area contributed by atoms with Crippen LogP contribution < -0.4 is 4.72 Å². The Morgan fingerprint density at radius 3 is 3.00 bits per heavy atom. The molecule has 0 amide bonds. The monoisotopic (exact) mass is 302 g/mol. The van der Waals surface area contributed by atoms with Gasteiger partial charge in [-0.2, -0.15) is 24.1 Å². The van der Waals surface area contributed by atoms with Crippen molar-refractivity contribution < 1.29 is 8.42 Å². The van der Waals surface area contributed by atoms with Crippen molar-refractivity contribution in [3.05, 3.63) is 22.4 Å². The fraction of sp³-hybridized carbons (Fsp3) is 0.692. The molecule has 0 bridgehead atoms. The van der Waals surface area contributed by atoms with Crippen LogP contribution in [0.25, 0.3) is 0 Å². The second-order valence-corrected chi connectivity index (χ2v) is 7.95. The van der Waals surface area contributed by atoms with E-state index in [0.717, 1.165) is 12.8 Å². The Bertz CT molecular complexity index is 485. The Kier molecular flexibility index (Phi) is 5.00. The Morgan fingerprint density at radius 2 is 2.37 bits per heavy atom. The third kappa shape index (κ3) is 4.02. The smallest absolute Gasteiger partial charge is 0.202 e. The molecule has 108 valence electrons. The number of rotatable bonds is 5. The summed E-state index contributed by atoms with van der Waals surface area (Å²) in [4.78, 5) is 0. The minimum absolute atomic E-state index is 0.211. The van der Waals surface area contributed by atoms with E-state index < -0.39 is 10.2 Å². The van der Waals surface area contributed by atoms with Crippen LogP contribution in [0.5, 0.6) is 0 Å². The summed E-state index contributed by atoms with van der Waals surface area (Å²) in [6, 6.07) is 2.05. The van der Waals surface area contributed by atoms with Crippen molar-refractivity contribution in [2.45, 2.75) is 32.6 Å². The van der Waals surface area contributed by atoms with E-state index in [2.05, 4.69) is 17.0 Å². The Balaban J connectivity index is 1.90. The second kappa shape index (κ2) is 6.35. The van der Waals surface area contributed by atoms with Crippen LogP contribution in [0.2, 0.25) is 0 Å². The molecular weight excluding hydrogens is 280 g/mol. The van der Waals surface area contributed by atoms with Gasteiger partial charge < -0.3 is 0 Å². The van der Waals surface area contributed by atoms with Crippen molar-refractivity contribution in [3.8, 4) is 0 Å². The van der Waals surface area contributed by atoms with Gasteiger partial charge in [0.25, 0.3) is 10.2 Å². The van der Waals surface area contributed by atoms with Crippen LogP contribution in [0.15, 0.2) is 16.8 Å². The first-order valence-electron chi connectivity index (χ1n) is 6.76. The molecule has 1 N–H and O–H groups in total. The van der Waals surface area contributed by atoms with Crippen LogP contribution in [0.4, 0.5) is 0 Å². The lowest BCUT2D eigenvalue weighted by Gasteiger charge is -2.30. The molecule has 0 spiro atoms. The summed E-state index contributed by atoms with van der Waals surface area (Å²) in [7, 11) is -3.32. The van der Waals surface area contributed by atoms with Crippen molar-refractivity contribution in [2.75, 3.05) is 19.6 Å². The fourth-order valence-electron chi connectivity index (χ4n) is 2.36. The molecule has 0 aromatic carbocycles. The predicted octanol–water partition coefficient (Wildman–Crippen LogP) is 2.42. The summed E-state index contributed by atoms with van der Waals surface area (Å²) in [6.45, 7) is 5.90. The van der Waals surface area contributed by atoms with Gasteiger partial charge in [-0.1, -0.05) is 13.8 Å². The molecule has 19 heavy (non-hydrogen) atoms. The van der Waals surface area contributed by atoms with Crippen molar-refractivity contribution in [2.24, 2.45) is 5.92 Å². The highest BCUT2D eigenvalue weighted by Crippen LogP contribution is 2.20. The molecule has 0 saturated carbocycles. The van der Waals surface area contributed by atoms with E-state index in [-0.39, 0.29) is 5.92 Å². The lowest BCUT2D eigenvalue weighted by molar-refractivity contribution is 0.278. The van der Waals surface area contributed by atoms with Gasteiger partial charge in [0.15, 0.2) is 0 Å². The van der Waals surface area contributed by atoms with Gasteiger partial charge >= 0.3 is 0 Å². The summed E-state index contributed by atoms with van der Waals surface area (Å²) < 4.78 is 28.8. The standard InChI is InChI=1S/C13H22N2O2S2/c1-11-4-3-6-15(9-11)19(16,17)14-8-12(2)13-5-7-18-10-13/h5,7,10-12,14H,3-4,6,8-9H2,1-2H3/t11-,12-/m1/s1. The molecule has 2 atom stereocenters. The summed E-state index contributed by atoms with van der Waals surface area (Å²) in [5.74, 6) is 0.669. The van der Waals surface area contributed by atoms with E-state index in [9.17, 15) is 8.42 Å². The molecule has 0 unspecified atom stereocenters. The molecule has 0 aliphatic carbocycles. The van der Waals surface area contributed by atoms with Crippen molar-refractivity contribution in [3.63, 3.8) is 0 Å². The summed E-state index contributed by atoms with van der Waals surface area (Å²) >= 11 is 1.64. The van der Waals surface area contributed by atoms with Crippen molar-refractivity contribution in [1.82, 2.24) is 9.03 Å². The average Bonchev–Trinajstić information content (AvgIpc) is 2.90. The first kappa shape index (κ1) is 15.0. The highest BCUT2D eigenvalue weighted by molar-refractivity contribution is 7.87. The maximum absolute atomic E-state index is 12.2. The number of nitrogens with one attached hydrogen (secondary N) is 1. The van der Waals surface area contributed by atoms with Crippen molar-refractivity contribution >= 4 is 21.5 Å². The minimum Gasteiger partial charge on any atom is -0.202 e. The molecule has 4 nitrogen and oxygen atoms in total. The number of hydrogen-bond donors (Lipinski definition) is 1. The lowest BCUT2D eigenvalue weighted by atomic mass is 10.0. The van der Waals surface area contributed by atoms with Gasteiger partial charge in [-0.25, -0.2) is 4.72 Å². The van der Waals surface area contributed by atoms with E-state index in [1.54, 1.807) is 15.6 Å². The van der Waals surface area contributed by atoms with E-state index in [0.29, 0.717) is 25.6 Å². The van der Waals surface area contributed by atoms with Gasteiger partial charge in [0.1, 0.15) is 0 Å². The Morgan fingerprint density at radius 1 is 1.58 bits per heavy atom. The maximum atomic E-state index is 12.2. The number of thiophene rings is 1. The third-order valence-corrected chi connectivity index (χ3v) is 5.89. The molecule has 1 aliphatic rings. The maximum Gasteiger partial charge on any atom is 0.279 e. The first-order valence-corrected chi connectivity index (χ1v) is 9.14. The molecular formula is C13H22N2O2S2. The Hall–Kier alpha value is -0.430. The van der Waals surface area contributed by atoms with E-state index >= 15 is 0 Å². The van der Waals surface area contributed by atoms with Crippen LogP contribution in [0.1, 0.15) is 38.2 Å². The molecule has 1 aromatic rings. The molecule has 1 fully saturated rings. The quantitative estimate of drug-likeness (QED) is 0.908.